The third-order valence-electron chi connectivity index (χ3n) is 2.46. The summed E-state index contributed by atoms with van der Waals surface area (Å²) in [6.07, 6.45) is -0.274. The van der Waals surface area contributed by atoms with Crippen molar-refractivity contribution in [2.45, 2.75) is 32.9 Å². The molecule has 0 saturated heterocycles. The molecule has 0 radical (unpaired) electrons. The van der Waals surface area contributed by atoms with E-state index in [1.54, 1.807) is 13.8 Å². The van der Waals surface area contributed by atoms with Crippen LogP contribution in [0.2, 0.25) is 0 Å². The second-order valence-corrected chi connectivity index (χ2v) is 7.16. The number of nitrogens with one attached hydrogen (secondary N) is 1. The maximum absolute atomic E-state index is 12.3. The Morgan fingerprint density at radius 1 is 1.27 bits per heavy atom. The van der Waals surface area contributed by atoms with E-state index < -0.39 is 24.5 Å². The molecule has 122 valence electrons. The van der Waals surface area contributed by atoms with E-state index in [1.165, 1.54) is 37.9 Å². The zero-order valence-electron chi connectivity index (χ0n) is 12.8. The number of carbonyl (C=O) groups is 1. The highest BCUT2D eigenvalue weighted by Gasteiger charge is 2.26. The number of nitrogens with zero attached hydrogens (tertiary/aromatic N) is 1. The molecule has 0 fully saturated rings. The van der Waals surface area contributed by atoms with E-state index in [0.29, 0.717) is 0 Å². The normalized spacial score (nSPS) is 15.0. The summed E-state index contributed by atoms with van der Waals surface area (Å²) >= 11 is 0. The van der Waals surface area contributed by atoms with Gasteiger partial charge in [-0.15, -0.1) is 0 Å². The largest absolute Gasteiger partial charge is 0.462 e. The van der Waals surface area contributed by atoms with Crippen molar-refractivity contribution in [1.29, 1.82) is 0 Å². The van der Waals surface area contributed by atoms with E-state index in [9.17, 15) is 19.5 Å². The highest BCUT2D eigenvalue weighted by molar-refractivity contribution is 7.56. The van der Waals surface area contributed by atoms with Crippen LogP contribution < -0.4 is 9.61 Å². The standard InChI is InChI=1S/C13H19N2O6P/c1-9(2)20-13(16)10(3)14-22(4,19)21-12-7-5-11(6-8-12)15(17)18/h5-10H,1-4H3,(H,14,19)/t10-,22?/m1/s1. The second kappa shape index (κ2) is 7.38. The van der Waals surface area contributed by atoms with Crippen molar-refractivity contribution in [2.24, 2.45) is 0 Å². The van der Waals surface area contributed by atoms with Crippen LogP contribution in [-0.2, 0) is 14.1 Å². The summed E-state index contributed by atoms with van der Waals surface area (Å²) in [5.74, 6) is -0.335. The molecule has 0 heterocycles. The lowest BCUT2D eigenvalue weighted by molar-refractivity contribution is -0.384. The second-order valence-electron chi connectivity index (χ2n) is 5.02. The van der Waals surface area contributed by atoms with Crippen molar-refractivity contribution in [1.82, 2.24) is 5.09 Å². The van der Waals surface area contributed by atoms with Crippen LogP contribution in [0, 0.1) is 10.1 Å². The number of hydrogen-bond acceptors (Lipinski definition) is 6. The van der Waals surface area contributed by atoms with Crippen LogP contribution in [0.3, 0.4) is 0 Å². The Hall–Kier alpha value is -1.92. The van der Waals surface area contributed by atoms with Gasteiger partial charge in [-0.05, 0) is 32.9 Å². The number of benzene rings is 1. The van der Waals surface area contributed by atoms with E-state index in [4.69, 9.17) is 9.26 Å². The SMILES string of the molecule is CC(C)OC(=O)[C@@H](C)NP(C)(=O)Oc1ccc([N+](=O)[O-])cc1. The summed E-state index contributed by atoms with van der Waals surface area (Å²) in [7, 11) is -3.33. The van der Waals surface area contributed by atoms with Gasteiger partial charge in [0.15, 0.2) is 0 Å². The van der Waals surface area contributed by atoms with Gasteiger partial charge in [0, 0.05) is 18.8 Å². The zero-order chi connectivity index (χ0) is 16.9. The highest BCUT2D eigenvalue weighted by Crippen LogP contribution is 2.39. The lowest BCUT2D eigenvalue weighted by atomic mass is 10.3. The fourth-order valence-corrected chi connectivity index (χ4v) is 2.98. The highest BCUT2D eigenvalue weighted by atomic mass is 31.2. The van der Waals surface area contributed by atoms with Crippen LogP contribution in [0.4, 0.5) is 5.69 Å². The first-order valence-corrected chi connectivity index (χ1v) is 8.68. The van der Waals surface area contributed by atoms with E-state index >= 15 is 0 Å². The van der Waals surface area contributed by atoms with Gasteiger partial charge in [-0.2, -0.15) is 0 Å². The summed E-state index contributed by atoms with van der Waals surface area (Å²) in [4.78, 5) is 21.7. The molecule has 2 atom stereocenters. The van der Waals surface area contributed by atoms with Gasteiger partial charge < -0.3 is 9.26 Å². The van der Waals surface area contributed by atoms with Crippen LogP contribution in [0.5, 0.6) is 5.75 Å². The molecule has 1 unspecified atom stereocenters. The minimum atomic E-state index is -3.33. The first-order chi connectivity index (χ1) is 10.1. The van der Waals surface area contributed by atoms with Crippen LogP contribution in [-0.4, -0.2) is 29.7 Å². The van der Waals surface area contributed by atoms with Crippen molar-refractivity contribution >= 4 is 19.2 Å². The Morgan fingerprint density at radius 3 is 2.27 bits per heavy atom. The van der Waals surface area contributed by atoms with Gasteiger partial charge in [-0.1, -0.05) is 0 Å². The van der Waals surface area contributed by atoms with Crippen LogP contribution >= 0.6 is 7.52 Å². The lowest BCUT2D eigenvalue weighted by Crippen LogP contribution is -2.35. The summed E-state index contributed by atoms with van der Waals surface area (Å²) in [6, 6.07) is 4.36. The van der Waals surface area contributed by atoms with Crippen LogP contribution in [0.15, 0.2) is 24.3 Å². The number of non-ortho nitro benzene ring substituents is 1. The third-order valence-corrected chi connectivity index (χ3v) is 3.88. The molecule has 1 aromatic carbocycles. The van der Waals surface area contributed by atoms with Gasteiger partial charge in [0.05, 0.1) is 11.0 Å². The predicted octanol–water partition coefficient (Wildman–Crippen LogP) is 2.73. The van der Waals surface area contributed by atoms with Gasteiger partial charge in [-0.3, -0.25) is 19.5 Å². The van der Waals surface area contributed by atoms with Crippen molar-refractivity contribution in [2.75, 3.05) is 6.66 Å². The molecule has 0 aliphatic heterocycles. The summed E-state index contributed by atoms with van der Waals surface area (Å²) in [5.41, 5.74) is -0.0971. The molecule has 22 heavy (non-hydrogen) atoms. The van der Waals surface area contributed by atoms with E-state index in [2.05, 4.69) is 5.09 Å². The van der Waals surface area contributed by atoms with E-state index in [-0.39, 0.29) is 17.5 Å². The minimum absolute atomic E-state index is 0.0971. The smallest absolute Gasteiger partial charge is 0.323 e. The lowest BCUT2D eigenvalue weighted by Gasteiger charge is -2.21. The number of hydrogen-bond donors (Lipinski definition) is 1. The minimum Gasteiger partial charge on any atom is -0.462 e. The van der Waals surface area contributed by atoms with Gasteiger partial charge in [0.25, 0.3) is 5.69 Å². The molecule has 1 rings (SSSR count). The quantitative estimate of drug-likeness (QED) is 0.354. The molecule has 0 bridgehead atoms. The van der Waals surface area contributed by atoms with E-state index in [0.717, 1.165) is 0 Å². The molecular formula is C13H19N2O6P. The molecule has 0 aliphatic carbocycles. The topological polar surface area (TPSA) is 108 Å². The Bertz CT molecular complexity index is 587. The first kappa shape index (κ1) is 18.1. The molecule has 0 aliphatic rings. The molecule has 8 nitrogen and oxygen atoms in total. The average molecular weight is 330 g/mol. The molecule has 0 amide bonds. The maximum Gasteiger partial charge on any atom is 0.323 e. The van der Waals surface area contributed by atoms with Gasteiger partial charge in [0.1, 0.15) is 11.8 Å². The molecule has 1 N–H and O–H groups in total. The average Bonchev–Trinajstić information content (AvgIpc) is 2.37. The molecule has 1 aromatic rings. The first-order valence-electron chi connectivity index (χ1n) is 6.60. The predicted molar refractivity (Wildman–Crippen MR) is 81.1 cm³/mol. The third kappa shape index (κ3) is 5.83. The monoisotopic (exact) mass is 330 g/mol. The van der Waals surface area contributed by atoms with Crippen LogP contribution in [0.25, 0.3) is 0 Å². The van der Waals surface area contributed by atoms with Crippen molar-refractivity contribution in [3.8, 4) is 5.75 Å². The Morgan fingerprint density at radius 2 is 1.82 bits per heavy atom. The molecule has 0 saturated carbocycles. The number of rotatable bonds is 7. The van der Waals surface area contributed by atoms with Crippen molar-refractivity contribution < 1.29 is 23.5 Å². The van der Waals surface area contributed by atoms with Crippen molar-refractivity contribution in [3.05, 3.63) is 34.4 Å². The van der Waals surface area contributed by atoms with Gasteiger partial charge in [0.2, 0.25) is 0 Å². The Balaban J connectivity index is 2.68. The number of nitro benzene ring substituents is 1. The molecular weight excluding hydrogens is 311 g/mol. The summed E-state index contributed by atoms with van der Waals surface area (Å²) in [5, 5.41) is 13.1. The fourth-order valence-electron chi connectivity index (χ4n) is 1.60. The van der Waals surface area contributed by atoms with Crippen molar-refractivity contribution in [3.63, 3.8) is 0 Å². The Labute approximate surface area is 128 Å². The summed E-state index contributed by atoms with van der Waals surface area (Å²) < 4.78 is 22.6. The molecule has 9 heteroatoms. The maximum atomic E-state index is 12.3. The Kier molecular flexibility index (Phi) is 6.08. The van der Waals surface area contributed by atoms with Gasteiger partial charge in [-0.25, -0.2) is 5.09 Å². The number of ether oxygens (including phenoxy) is 1. The molecule has 0 spiro atoms. The van der Waals surface area contributed by atoms with Crippen LogP contribution in [0.1, 0.15) is 20.8 Å². The van der Waals surface area contributed by atoms with E-state index in [1.807, 2.05) is 0 Å². The number of esters is 1. The summed E-state index contributed by atoms with van der Waals surface area (Å²) in [6.45, 7) is 6.25. The van der Waals surface area contributed by atoms with Gasteiger partial charge >= 0.3 is 13.5 Å². The fraction of sp³-hybridized carbons (Fsp3) is 0.462. The number of nitro groups is 1. The zero-order valence-corrected chi connectivity index (χ0v) is 13.7. The number of carbonyl (C=O) groups excluding carboxylic acids is 1. The molecule has 0 aromatic heterocycles.